The highest BCUT2D eigenvalue weighted by atomic mass is 16.1. The number of carbonyl (C=O) groups excluding carboxylic acids is 2. The van der Waals surface area contributed by atoms with E-state index in [1.54, 1.807) is 6.92 Å². The first-order chi connectivity index (χ1) is 9.01. The van der Waals surface area contributed by atoms with E-state index >= 15 is 0 Å². The molecule has 3 heteroatoms. The molecule has 1 unspecified atom stereocenters. The Kier molecular flexibility index (Phi) is 8.64. The first-order valence-corrected chi connectivity index (χ1v) is 6.08. The van der Waals surface area contributed by atoms with Crippen molar-refractivity contribution in [1.29, 1.82) is 5.26 Å². The molecule has 0 saturated carbocycles. The van der Waals surface area contributed by atoms with Gasteiger partial charge >= 0.3 is 0 Å². The molecule has 100 valence electrons. The van der Waals surface area contributed by atoms with E-state index < -0.39 is 0 Å². The SMILES string of the molecule is C=CC(C)=O.CC(=O)CCC(C#N)c1ccccc1. The van der Waals surface area contributed by atoms with E-state index in [-0.39, 0.29) is 17.5 Å². The first-order valence-electron chi connectivity index (χ1n) is 6.08. The third-order valence-corrected chi connectivity index (χ3v) is 2.43. The van der Waals surface area contributed by atoms with Crippen LogP contribution in [0.1, 0.15) is 38.2 Å². The van der Waals surface area contributed by atoms with Crippen LogP contribution in [0.3, 0.4) is 0 Å². The smallest absolute Gasteiger partial charge is 0.152 e. The van der Waals surface area contributed by atoms with Crippen molar-refractivity contribution in [2.24, 2.45) is 0 Å². The fraction of sp³-hybridized carbons (Fsp3) is 0.312. The van der Waals surface area contributed by atoms with E-state index in [0.29, 0.717) is 12.8 Å². The Balaban J connectivity index is 0.000000555. The number of Topliss-reactive ketones (excluding diaryl/α,β-unsaturated/α-hetero) is 1. The predicted molar refractivity (Wildman–Crippen MR) is 75.6 cm³/mol. The molecule has 0 aromatic heterocycles. The summed E-state index contributed by atoms with van der Waals surface area (Å²) in [5.74, 6) is 0.00582. The Bertz CT molecular complexity index is 457. The summed E-state index contributed by atoms with van der Waals surface area (Å²) in [4.78, 5) is 20.5. The van der Waals surface area contributed by atoms with Gasteiger partial charge in [-0.25, -0.2) is 0 Å². The lowest BCUT2D eigenvalue weighted by molar-refractivity contribution is -0.117. The fourth-order valence-electron chi connectivity index (χ4n) is 1.34. The van der Waals surface area contributed by atoms with Crippen LogP contribution in [0.5, 0.6) is 0 Å². The lowest BCUT2D eigenvalue weighted by Gasteiger charge is -2.07. The molecule has 0 bridgehead atoms. The van der Waals surface area contributed by atoms with Crippen molar-refractivity contribution in [2.45, 2.75) is 32.6 Å². The molecule has 0 N–H and O–H groups in total. The maximum absolute atomic E-state index is 10.8. The average molecular weight is 257 g/mol. The molecule has 0 spiro atoms. The topological polar surface area (TPSA) is 57.9 Å². The van der Waals surface area contributed by atoms with Gasteiger partial charge in [0.25, 0.3) is 0 Å². The summed E-state index contributed by atoms with van der Waals surface area (Å²) in [6.45, 7) is 6.23. The molecular formula is C16H19NO2. The third kappa shape index (κ3) is 8.50. The standard InChI is InChI=1S/C12H13NO.C4H6O/c1-10(14)7-8-12(9-13)11-5-3-2-4-6-11;1-3-4(2)5/h2-6,12H,7-8H2,1H3;3H,1H2,2H3. The van der Waals surface area contributed by atoms with Crippen molar-refractivity contribution < 1.29 is 9.59 Å². The second-order valence-corrected chi connectivity index (χ2v) is 4.15. The normalized spacial score (nSPS) is 10.4. The van der Waals surface area contributed by atoms with E-state index in [1.807, 2.05) is 30.3 Å². The van der Waals surface area contributed by atoms with Crippen molar-refractivity contribution in [3.8, 4) is 6.07 Å². The first kappa shape index (κ1) is 16.8. The van der Waals surface area contributed by atoms with Gasteiger partial charge in [0.2, 0.25) is 0 Å². The molecule has 19 heavy (non-hydrogen) atoms. The molecule has 0 saturated heterocycles. The van der Waals surface area contributed by atoms with Crippen LogP contribution < -0.4 is 0 Å². The van der Waals surface area contributed by atoms with E-state index in [2.05, 4.69) is 12.6 Å². The van der Waals surface area contributed by atoms with Gasteiger partial charge in [0.05, 0.1) is 12.0 Å². The Hall–Kier alpha value is -2.21. The molecule has 3 nitrogen and oxygen atoms in total. The summed E-state index contributed by atoms with van der Waals surface area (Å²) in [6, 6.07) is 11.8. The number of ketones is 2. The Labute approximate surface area is 114 Å². The summed E-state index contributed by atoms with van der Waals surface area (Å²) in [5, 5.41) is 8.93. The molecule has 1 rings (SSSR count). The molecule has 0 heterocycles. The van der Waals surface area contributed by atoms with Gasteiger partial charge in [0, 0.05) is 6.42 Å². The maximum atomic E-state index is 10.8. The zero-order valence-electron chi connectivity index (χ0n) is 11.4. The van der Waals surface area contributed by atoms with Gasteiger partial charge in [-0.05, 0) is 31.9 Å². The minimum Gasteiger partial charge on any atom is -0.300 e. The Morgan fingerprint density at radius 3 is 2.21 bits per heavy atom. The van der Waals surface area contributed by atoms with Crippen LogP contribution in [-0.4, -0.2) is 11.6 Å². The molecular weight excluding hydrogens is 238 g/mol. The number of rotatable bonds is 5. The zero-order chi connectivity index (χ0) is 14.7. The molecule has 1 aromatic rings. The molecule has 0 radical (unpaired) electrons. The van der Waals surface area contributed by atoms with E-state index in [9.17, 15) is 9.59 Å². The molecule has 1 aromatic carbocycles. The lowest BCUT2D eigenvalue weighted by atomic mass is 9.95. The molecule has 0 aliphatic carbocycles. The van der Waals surface area contributed by atoms with Crippen LogP contribution in [-0.2, 0) is 9.59 Å². The van der Waals surface area contributed by atoms with Gasteiger partial charge in [-0.1, -0.05) is 36.9 Å². The van der Waals surface area contributed by atoms with Gasteiger partial charge in [0.15, 0.2) is 5.78 Å². The molecule has 1 atom stereocenters. The van der Waals surface area contributed by atoms with E-state index in [1.165, 1.54) is 13.0 Å². The zero-order valence-corrected chi connectivity index (χ0v) is 11.4. The quantitative estimate of drug-likeness (QED) is 0.759. The summed E-state index contributed by atoms with van der Waals surface area (Å²) < 4.78 is 0. The Morgan fingerprint density at radius 2 is 1.84 bits per heavy atom. The summed E-state index contributed by atoms with van der Waals surface area (Å²) >= 11 is 0. The second-order valence-electron chi connectivity index (χ2n) is 4.15. The van der Waals surface area contributed by atoms with Gasteiger partial charge in [-0.2, -0.15) is 5.26 Å². The largest absolute Gasteiger partial charge is 0.300 e. The fourth-order valence-corrected chi connectivity index (χ4v) is 1.34. The maximum Gasteiger partial charge on any atom is 0.152 e. The molecule has 0 amide bonds. The minimum atomic E-state index is -0.153. The molecule has 0 fully saturated rings. The van der Waals surface area contributed by atoms with Crippen LogP contribution >= 0.6 is 0 Å². The number of carbonyl (C=O) groups is 2. The average Bonchev–Trinajstić information content (AvgIpc) is 2.41. The van der Waals surface area contributed by atoms with Gasteiger partial charge in [-0.3, -0.25) is 4.79 Å². The van der Waals surface area contributed by atoms with Crippen molar-refractivity contribution in [2.75, 3.05) is 0 Å². The third-order valence-electron chi connectivity index (χ3n) is 2.43. The number of hydrogen-bond donors (Lipinski definition) is 0. The number of benzene rings is 1. The van der Waals surface area contributed by atoms with Crippen LogP contribution in [0, 0.1) is 11.3 Å². The summed E-state index contributed by atoms with van der Waals surface area (Å²) in [6.07, 6.45) is 2.38. The van der Waals surface area contributed by atoms with Crippen LogP contribution in [0.2, 0.25) is 0 Å². The Morgan fingerprint density at radius 1 is 1.32 bits per heavy atom. The highest BCUT2D eigenvalue weighted by Crippen LogP contribution is 2.19. The minimum absolute atomic E-state index is 0.0185. The van der Waals surface area contributed by atoms with Gasteiger partial charge in [-0.15, -0.1) is 0 Å². The van der Waals surface area contributed by atoms with Crippen LogP contribution in [0.25, 0.3) is 0 Å². The predicted octanol–water partition coefficient (Wildman–Crippen LogP) is 3.42. The van der Waals surface area contributed by atoms with Gasteiger partial charge in [0.1, 0.15) is 5.78 Å². The number of nitrogens with zero attached hydrogens (tertiary/aromatic N) is 1. The van der Waals surface area contributed by atoms with Crippen molar-refractivity contribution in [1.82, 2.24) is 0 Å². The summed E-state index contributed by atoms with van der Waals surface area (Å²) in [7, 11) is 0. The molecule has 0 aliphatic rings. The monoisotopic (exact) mass is 257 g/mol. The van der Waals surface area contributed by atoms with Gasteiger partial charge < -0.3 is 4.79 Å². The van der Waals surface area contributed by atoms with Crippen LogP contribution in [0.15, 0.2) is 43.0 Å². The van der Waals surface area contributed by atoms with E-state index in [0.717, 1.165) is 5.56 Å². The second kappa shape index (κ2) is 9.78. The van der Waals surface area contributed by atoms with Crippen molar-refractivity contribution >= 4 is 11.6 Å². The van der Waals surface area contributed by atoms with Crippen LogP contribution in [0.4, 0.5) is 0 Å². The molecule has 0 aliphatic heterocycles. The summed E-state index contributed by atoms with van der Waals surface area (Å²) in [5.41, 5.74) is 0.997. The number of hydrogen-bond acceptors (Lipinski definition) is 3. The van der Waals surface area contributed by atoms with Crippen molar-refractivity contribution in [3.05, 3.63) is 48.6 Å². The number of allylic oxidation sites excluding steroid dienone is 1. The van der Waals surface area contributed by atoms with E-state index in [4.69, 9.17) is 5.26 Å². The highest BCUT2D eigenvalue weighted by molar-refractivity contribution is 5.86. The highest BCUT2D eigenvalue weighted by Gasteiger charge is 2.10. The van der Waals surface area contributed by atoms with Crippen molar-refractivity contribution in [3.63, 3.8) is 0 Å². The number of nitriles is 1. The lowest BCUT2D eigenvalue weighted by Crippen LogP contribution is -1.99.